The molecule has 212 valence electrons. The standard InChI is InChI=1S/C28H47F3.4H2O/c1-3-4-19-5-7-20(8-6-19)21-9-11-22(12-10-21)23-13-14-25(28(31)15-23)24-16-26(29)18(2)27(30)17-24;;;;/h18-28H,3-17H2,1-2H3;4*1H2. The minimum Gasteiger partial charge on any atom is -0.412 e. The topological polar surface area (TPSA) is 126 Å². The molecule has 7 heteroatoms. The Morgan fingerprint density at radius 2 is 0.914 bits per heavy atom. The van der Waals surface area contributed by atoms with E-state index in [1.165, 1.54) is 64.2 Å². The zero-order valence-electron chi connectivity index (χ0n) is 22.1. The number of hydrogen-bond acceptors (Lipinski definition) is 0. The second kappa shape index (κ2) is 15.8. The van der Waals surface area contributed by atoms with Gasteiger partial charge in [-0.3, -0.25) is 0 Å². The molecule has 0 saturated heterocycles. The van der Waals surface area contributed by atoms with Gasteiger partial charge in [0.15, 0.2) is 0 Å². The van der Waals surface area contributed by atoms with Gasteiger partial charge in [0.05, 0.1) is 0 Å². The van der Waals surface area contributed by atoms with Crippen LogP contribution in [-0.2, 0) is 0 Å². The lowest BCUT2D eigenvalue weighted by atomic mass is 9.62. The van der Waals surface area contributed by atoms with Crippen LogP contribution >= 0.6 is 0 Å². The molecule has 0 bridgehead atoms. The van der Waals surface area contributed by atoms with E-state index >= 15 is 4.39 Å². The van der Waals surface area contributed by atoms with Crippen molar-refractivity contribution >= 4 is 0 Å². The molecule has 4 fully saturated rings. The van der Waals surface area contributed by atoms with E-state index in [-0.39, 0.29) is 33.7 Å². The lowest BCUT2D eigenvalue weighted by molar-refractivity contribution is -0.0138. The average Bonchev–Trinajstić information content (AvgIpc) is 2.78. The van der Waals surface area contributed by atoms with Crippen LogP contribution in [0.4, 0.5) is 13.2 Å². The molecule has 0 aromatic carbocycles. The Bertz CT molecular complexity index is 540. The summed E-state index contributed by atoms with van der Waals surface area (Å²) in [4.78, 5) is 0. The summed E-state index contributed by atoms with van der Waals surface area (Å²) >= 11 is 0. The molecule has 5 atom stereocenters. The van der Waals surface area contributed by atoms with Crippen molar-refractivity contribution in [3.8, 4) is 0 Å². The van der Waals surface area contributed by atoms with Crippen molar-refractivity contribution in [2.24, 2.45) is 47.3 Å². The van der Waals surface area contributed by atoms with Crippen molar-refractivity contribution < 1.29 is 35.1 Å². The third-order valence-corrected chi connectivity index (χ3v) is 10.4. The summed E-state index contributed by atoms with van der Waals surface area (Å²) in [6, 6.07) is 0. The molecule has 0 aromatic rings. The Hall–Kier alpha value is -0.370. The molecule has 35 heavy (non-hydrogen) atoms. The van der Waals surface area contributed by atoms with Gasteiger partial charge in [0.1, 0.15) is 18.5 Å². The Morgan fingerprint density at radius 3 is 1.37 bits per heavy atom. The molecular weight excluding hydrogens is 457 g/mol. The van der Waals surface area contributed by atoms with Crippen LogP contribution in [0.2, 0.25) is 0 Å². The van der Waals surface area contributed by atoms with Crippen LogP contribution in [0.25, 0.3) is 0 Å². The summed E-state index contributed by atoms with van der Waals surface area (Å²) < 4.78 is 43.6. The molecule has 0 heterocycles. The van der Waals surface area contributed by atoms with Gasteiger partial charge in [-0.25, -0.2) is 13.2 Å². The number of alkyl halides is 3. The van der Waals surface area contributed by atoms with E-state index < -0.39 is 24.4 Å². The van der Waals surface area contributed by atoms with Crippen LogP contribution in [0.1, 0.15) is 110 Å². The van der Waals surface area contributed by atoms with Gasteiger partial charge >= 0.3 is 0 Å². The van der Waals surface area contributed by atoms with Gasteiger partial charge < -0.3 is 21.9 Å². The van der Waals surface area contributed by atoms with Crippen molar-refractivity contribution in [3.05, 3.63) is 0 Å². The van der Waals surface area contributed by atoms with E-state index in [2.05, 4.69) is 6.92 Å². The number of rotatable bonds is 5. The van der Waals surface area contributed by atoms with Crippen LogP contribution in [0.15, 0.2) is 0 Å². The summed E-state index contributed by atoms with van der Waals surface area (Å²) in [5, 5.41) is 0. The Kier molecular flexibility index (Phi) is 15.6. The molecule has 4 rings (SSSR count). The highest BCUT2D eigenvalue weighted by Gasteiger charge is 2.44. The van der Waals surface area contributed by atoms with Crippen molar-refractivity contribution in [3.63, 3.8) is 0 Å². The van der Waals surface area contributed by atoms with Gasteiger partial charge in [-0.2, -0.15) is 0 Å². The van der Waals surface area contributed by atoms with E-state index in [0.29, 0.717) is 31.1 Å². The summed E-state index contributed by atoms with van der Waals surface area (Å²) in [6.45, 7) is 3.98. The highest BCUT2D eigenvalue weighted by atomic mass is 19.1. The molecule has 4 nitrogen and oxygen atoms in total. The molecular formula is C28H55F3O4. The van der Waals surface area contributed by atoms with Crippen LogP contribution in [0.3, 0.4) is 0 Å². The van der Waals surface area contributed by atoms with E-state index in [4.69, 9.17) is 0 Å². The maximum absolute atomic E-state index is 15.2. The Labute approximate surface area is 211 Å². The maximum atomic E-state index is 15.2. The second-order valence-corrected chi connectivity index (χ2v) is 12.1. The zero-order chi connectivity index (χ0) is 22.0. The highest BCUT2D eigenvalue weighted by molar-refractivity contribution is 4.94. The van der Waals surface area contributed by atoms with E-state index in [1.54, 1.807) is 6.92 Å². The third-order valence-electron chi connectivity index (χ3n) is 10.4. The maximum Gasteiger partial charge on any atom is 0.106 e. The monoisotopic (exact) mass is 512 g/mol. The fourth-order valence-electron chi connectivity index (χ4n) is 8.25. The molecule has 4 aliphatic rings. The van der Waals surface area contributed by atoms with Gasteiger partial charge in [0, 0.05) is 5.92 Å². The SMILES string of the molecule is CCCC1CCC(C2CCC(C3CCC(C4CC(F)C(C)C(F)C4)C(F)C3)CC2)CC1.O.O.O.O. The van der Waals surface area contributed by atoms with Gasteiger partial charge in [-0.1, -0.05) is 39.5 Å². The van der Waals surface area contributed by atoms with Crippen LogP contribution in [0, 0.1) is 47.3 Å². The van der Waals surface area contributed by atoms with Crippen molar-refractivity contribution in [1.82, 2.24) is 0 Å². The first-order valence-electron chi connectivity index (χ1n) is 13.9. The minimum absolute atomic E-state index is 0. The second-order valence-electron chi connectivity index (χ2n) is 12.1. The van der Waals surface area contributed by atoms with Crippen molar-refractivity contribution in [1.29, 1.82) is 0 Å². The molecule has 4 aliphatic carbocycles. The zero-order valence-corrected chi connectivity index (χ0v) is 22.1. The quantitative estimate of drug-likeness (QED) is 0.456. The molecule has 8 N–H and O–H groups in total. The number of hydrogen-bond donors (Lipinski definition) is 0. The smallest absolute Gasteiger partial charge is 0.106 e. The normalized spacial score (nSPS) is 44.0. The summed E-state index contributed by atoms with van der Waals surface area (Å²) in [7, 11) is 0. The first-order chi connectivity index (χ1) is 15.0. The predicted octanol–water partition coefficient (Wildman–Crippen LogP) is 5.58. The predicted molar refractivity (Wildman–Crippen MR) is 138 cm³/mol. The molecule has 5 unspecified atom stereocenters. The summed E-state index contributed by atoms with van der Waals surface area (Å²) in [5.41, 5.74) is 0. The van der Waals surface area contributed by atoms with E-state index in [1.807, 2.05) is 0 Å². The fraction of sp³-hybridized carbons (Fsp3) is 1.00. The van der Waals surface area contributed by atoms with Gasteiger partial charge in [-0.15, -0.1) is 0 Å². The molecule has 0 spiro atoms. The molecule has 0 amide bonds. The largest absolute Gasteiger partial charge is 0.412 e. The minimum atomic E-state index is -1.09. The van der Waals surface area contributed by atoms with E-state index in [9.17, 15) is 8.78 Å². The molecule has 0 aliphatic heterocycles. The van der Waals surface area contributed by atoms with Gasteiger partial charge in [0.25, 0.3) is 0 Å². The fourth-order valence-corrected chi connectivity index (χ4v) is 8.25. The van der Waals surface area contributed by atoms with Gasteiger partial charge in [0.2, 0.25) is 0 Å². The first kappa shape index (κ1) is 34.6. The molecule has 0 aromatic heterocycles. The van der Waals surface area contributed by atoms with Crippen molar-refractivity contribution in [2.75, 3.05) is 0 Å². The lowest BCUT2D eigenvalue weighted by Crippen LogP contribution is -2.42. The Morgan fingerprint density at radius 1 is 0.514 bits per heavy atom. The lowest BCUT2D eigenvalue weighted by Gasteiger charge is -2.45. The van der Waals surface area contributed by atoms with Crippen LogP contribution in [0.5, 0.6) is 0 Å². The Balaban J connectivity index is 0.00000289. The summed E-state index contributed by atoms with van der Waals surface area (Å²) in [5.74, 6) is 3.37. The molecule has 4 saturated carbocycles. The first-order valence-corrected chi connectivity index (χ1v) is 13.9. The number of halogens is 3. The molecule has 0 radical (unpaired) electrons. The summed E-state index contributed by atoms with van der Waals surface area (Å²) in [6.07, 6.45) is 14.2. The van der Waals surface area contributed by atoms with E-state index in [0.717, 1.165) is 30.6 Å². The van der Waals surface area contributed by atoms with Crippen LogP contribution in [-0.4, -0.2) is 40.4 Å². The van der Waals surface area contributed by atoms with Crippen LogP contribution < -0.4 is 0 Å². The van der Waals surface area contributed by atoms with Gasteiger partial charge in [-0.05, 0) is 112 Å². The average molecular weight is 513 g/mol. The third kappa shape index (κ3) is 8.31. The highest BCUT2D eigenvalue weighted by Crippen LogP contribution is 2.49. The van der Waals surface area contributed by atoms with Crippen molar-refractivity contribution in [2.45, 2.75) is 129 Å².